The molecule has 0 aliphatic carbocycles. The van der Waals surface area contributed by atoms with Gasteiger partial charge in [0.2, 0.25) is 0 Å². The van der Waals surface area contributed by atoms with Crippen LogP contribution in [0.5, 0.6) is 0 Å². The van der Waals surface area contributed by atoms with Crippen molar-refractivity contribution in [2.24, 2.45) is 0 Å². The van der Waals surface area contributed by atoms with Crippen molar-refractivity contribution in [1.29, 1.82) is 0 Å². The Morgan fingerprint density at radius 1 is 1.29 bits per heavy atom. The molecule has 88 valence electrons. The number of carbonyl (C=O) groups excluding carboxylic acids is 1. The topological polar surface area (TPSA) is 42.0 Å². The smallest absolute Gasteiger partial charge is 0.263 e. The number of rotatable bonds is 4. The van der Waals surface area contributed by atoms with E-state index in [4.69, 9.17) is 11.6 Å². The van der Waals surface area contributed by atoms with Crippen molar-refractivity contribution in [1.82, 2.24) is 10.3 Å². The number of amides is 1. The molecule has 0 fully saturated rings. The average Bonchev–Trinajstić information content (AvgIpc) is 2.90. The van der Waals surface area contributed by atoms with E-state index in [1.54, 1.807) is 11.7 Å². The van der Waals surface area contributed by atoms with Crippen molar-refractivity contribution in [2.45, 2.75) is 12.4 Å². The zero-order valence-electron chi connectivity index (χ0n) is 9.02. The molecule has 0 aliphatic rings. The lowest BCUT2D eigenvalue weighted by atomic mass is 10.1. The van der Waals surface area contributed by atoms with Crippen molar-refractivity contribution in [3.8, 4) is 0 Å². The number of nitrogens with one attached hydrogen (secondary N) is 1. The van der Waals surface area contributed by atoms with Crippen LogP contribution in [0.1, 0.15) is 20.8 Å². The second-order valence-electron chi connectivity index (χ2n) is 3.50. The fraction of sp³-hybridized carbons (Fsp3) is 0.167. The third-order valence-electron chi connectivity index (χ3n) is 2.29. The fourth-order valence-electron chi connectivity index (χ4n) is 1.34. The Hall–Kier alpha value is -1.39. The summed E-state index contributed by atoms with van der Waals surface area (Å²) in [6, 6.07) is 7.84. The van der Waals surface area contributed by atoms with Gasteiger partial charge < -0.3 is 5.32 Å². The highest BCUT2D eigenvalue weighted by molar-refractivity contribution is 7.11. The number of carbonyl (C=O) groups is 1. The molecule has 0 aliphatic heterocycles. The minimum absolute atomic E-state index is 0.0890. The van der Waals surface area contributed by atoms with E-state index < -0.39 is 0 Å². The van der Waals surface area contributed by atoms with E-state index in [1.165, 1.54) is 11.3 Å². The third kappa shape index (κ3) is 3.28. The molecule has 5 heteroatoms. The standard InChI is InChI=1S/C12H11ClN2OS/c13-5-9-1-3-10(4-2-9)6-15-12(16)11-7-14-8-17-11/h1-4,7-8H,5-6H2,(H,15,16). The van der Waals surface area contributed by atoms with Gasteiger partial charge in [0.15, 0.2) is 0 Å². The molecule has 1 amide bonds. The van der Waals surface area contributed by atoms with Crippen LogP contribution in [0.15, 0.2) is 36.0 Å². The number of aromatic nitrogens is 1. The van der Waals surface area contributed by atoms with E-state index in [1.807, 2.05) is 24.3 Å². The molecular weight excluding hydrogens is 256 g/mol. The van der Waals surface area contributed by atoms with E-state index in [-0.39, 0.29) is 5.91 Å². The first-order valence-corrected chi connectivity index (χ1v) is 6.51. The second kappa shape index (κ2) is 5.80. The quantitative estimate of drug-likeness (QED) is 0.865. The van der Waals surface area contributed by atoms with Crippen LogP contribution < -0.4 is 5.32 Å². The maximum Gasteiger partial charge on any atom is 0.263 e. The van der Waals surface area contributed by atoms with E-state index in [9.17, 15) is 4.79 Å². The van der Waals surface area contributed by atoms with E-state index >= 15 is 0 Å². The molecule has 1 aromatic carbocycles. The highest BCUT2D eigenvalue weighted by Crippen LogP contribution is 2.08. The van der Waals surface area contributed by atoms with Crippen LogP contribution >= 0.6 is 22.9 Å². The van der Waals surface area contributed by atoms with Crippen molar-refractivity contribution in [2.75, 3.05) is 0 Å². The molecule has 0 bridgehead atoms. The molecule has 17 heavy (non-hydrogen) atoms. The first-order chi connectivity index (χ1) is 8.29. The van der Waals surface area contributed by atoms with Gasteiger partial charge in [-0.15, -0.1) is 22.9 Å². The van der Waals surface area contributed by atoms with Crippen molar-refractivity contribution in [3.05, 3.63) is 52.0 Å². The van der Waals surface area contributed by atoms with Crippen LogP contribution in [0.25, 0.3) is 0 Å². The molecule has 2 rings (SSSR count). The predicted molar refractivity (Wildman–Crippen MR) is 69.3 cm³/mol. The Labute approximate surface area is 108 Å². The van der Waals surface area contributed by atoms with E-state index in [0.29, 0.717) is 17.3 Å². The van der Waals surface area contributed by atoms with Gasteiger partial charge in [-0.3, -0.25) is 9.78 Å². The number of alkyl halides is 1. The summed E-state index contributed by atoms with van der Waals surface area (Å²) in [7, 11) is 0. The SMILES string of the molecule is O=C(NCc1ccc(CCl)cc1)c1cncs1. The number of benzene rings is 1. The highest BCUT2D eigenvalue weighted by Gasteiger charge is 2.06. The Morgan fingerprint density at radius 2 is 2.00 bits per heavy atom. The van der Waals surface area contributed by atoms with Gasteiger partial charge in [-0.25, -0.2) is 0 Å². The molecule has 1 aromatic heterocycles. The highest BCUT2D eigenvalue weighted by atomic mass is 35.5. The van der Waals surface area contributed by atoms with Crippen LogP contribution in [0.2, 0.25) is 0 Å². The summed E-state index contributed by atoms with van der Waals surface area (Å²) in [5.74, 6) is 0.418. The first-order valence-electron chi connectivity index (χ1n) is 5.10. The lowest BCUT2D eigenvalue weighted by Gasteiger charge is -2.04. The molecule has 2 aromatic rings. The summed E-state index contributed by atoms with van der Waals surface area (Å²) in [5, 5.41) is 2.84. The van der Waals surface area contributed by atoms with Crippen LogP contribution in [-0.4, -0.2) is 10.9 Å². The lowest BCUT2D eigenvalue weighted by molar-refractivity contribution is 0.0955. The fourth-order valence-corrected chi connectivity index (χ4v) is 2.06. The number of hydrogen-bond donors (Lipinski definition) is 1. The Bertz CT molecular complexity index is 482. The summed E-state index contributed by atoms with van der Waals surface area (Å²) in [6.07, 6.45) is 1.57. The lowest BCUT2D eigenvalue weighted by Crippen LogP contribution is -2.21. The molecule has 0 spiro atoms. The largest absolute Gasteiger partial charge is 0.347 e. The summed E-state index contributed by atoms with van der Waals surface area (Å²) in [5.41, 5.74) is 3.77. The van der Waals surface area contributed by atoms with Crippen LogP contribution in [-0.2, 0) is 12.4 Å². The Kier molecular flexibility index (Phi) is 4.12. The van der Waals surface area contributed by atoms with Gasteiger partial charge in [-0.05, 0) is 11.1 Å². The number of halogens is 1. The molecule has 0 atom stereocenters. The maximum atomic E-state index is 11.6. The predicted octanol–water partition coefficient (Wildman–Crippen LogP) is 2.81. The van der Waals surface area contributed by atoms with Crippen LogP contribution in [0.3, 0.4) is 0 Å². The van der Waals surface area contributed by atoms with Gasteiger partial charge in [0.1, 0.15) is 4.88 Å². The maximum absolute atomic E-state index is 11.6. The third-order valence-corrected chi connectivity index (χ3v) is 3.37. The molecule has 0 saturated carbocycles. The van der Waals surface area contributed by atoms with Crippen LogP contribution in [0, 0.1) is 0 Å². The molecule has 0 saturated heterocycles. The monoisotopic (exact) mass is 266 g/mol. The zero-order valence-corrected chi connectivity index (χ0v) is 10.6. The number of hydrogen-bond acceptors (Lipinski definition) is 3. The summed E-state index contributed by atoms with van der Waals surface area (Å²) >= 11 is 7.03. The molecule has 3 nitrogen and oxygen atoms in total. The van der Waals surface area contributed by atoms with Gasteiger partial charge in [0.25, 0.3) is 5.91 Å². The van der Waals surface area contributed by atoms with Crippen LogP contribution in [0.4, 0.5) is 0 Å². The summed E-state index contributed by atoms with van der Waals surface area (Å²) in [6.45, 7) is 0.513. The zero-order chi connectivity index (χ0) is 12.1. The molecule has 0 radical (unpaired) electrons. The number of nitrogens with zero attached hydrogens (tertiary/aromatic N) is 1. The van der Waals surface area contributed by atoms with Gasteiger partial charge in [-0.2, -0.15) is 0 Å². The van der Waals surface area contributed by atoms with Gasteiger partial charge in [0, 0.05) is 12.4 Å². The Balaban J connectivity index is 1.91. The summed E-state index contributed by atoms with van der Waals surface area (Å²) in [4.78, 5) is 16.1. The second-order valence-corrected chi connectivity index (χ2v) is 4.65. The minimum Gasteiger partial charge on any atom is -0.347 e. The minimum atomic E-state index is -0.0890. The number of thiazole rings is 1. The van der Waals surface area contributed by atoms with Gasteiger partial charge in [0.05, 0.1) is 11.7 Å². The first kappa shape index (κ1) is 12.1. The Morgan fingerprint density at radius 3 is 2.59 bits per heavy atom. The van der Waals surface area contributed by atoms with Gasteiger partial charge >= 0.3 is 0 Å². The summed E-state index contributed by atoms with van der Waals surface area (Å²) < 4.78 is 0. The molecule has 0 unspecified atom stereocenters. The van der Waals surface area contributed by atoms with Gasteiger partial charge in [-0.1, -0.05) is 24.3 Å². The van der Waals surface area contributed by atoms with Crippen molar-refractivity contribution < 1.29 is 4.79 Å². The van der Waals surface area contributed by atoms with Crippen molar-refractivity contribution in [3.63, 3.8) is 0 Å². The normalized spacial score (nSPS) is 10.2. The average molecular weight is 267 g/mol. The molecule has 1 N–H and O–H groups in total. The van der Waals surface area contributed by atoms with Crippen molar-refractivity contribution >= 4 is 28.8 Å². The molecular formula is C12H11ClN2OS. The van der Waals surface area contributed by atoms with E-state index in [2.05, 4.69) is 10.3 Å². The van der Waals surface area contributed by atoms with E-state index in [0.717, 1.165) is 11.1 Å². The molecule has 1 heterocycles.